The van der Waals surface area contributed by atoms with Crippen molar-refractivity contribution >= 4 is 56.4 Å². The van der Waals surface area contributed by atoms with Crippen molar-refractivity contribution in [3.8, 4) is 5.75 Å². The number of carboxylic acid groups (broad SMARTS) is 1. The highest BCUT2D eigenvalue weighted by Gasteiger charge is 2.49. The summed E-state index contributed by atoms with van der Waals surface area (Å²) < 4.78 is 5.09. The van der Waals surface area contributed by atoms with Gasteiger partial charge in [0, 0.05) is 9.50 Å². The first-order chi connectivity index (χ1) is 13.7. The average Bonchev–Trinajstić information content (AvgIpc) is 2.85. The molecule has 0 aliphatic carbocycles. The quantitative estimate of drug-likeness (QED) is 0.592. The molecule has 1 heterocycles. The topological polar surface area (TPSA) is 83.9 Å². The molecule has 1 saturated heterocycles. The zero-order valence-corrected chi connectivity index (χ0v) is 18.5. The van der Waals surface area contributed by atoms with Gasteiger partial charge in [0.2, 0.25) is 5.91 Å². The molecule has 1 aliphatic heterocycles. The highest BCUT2D eigenvalue weighted by Crippen LogP contribution is 2.42. The number of nitrogens with zero attached hydrogens (tertiary/aromatic N) is 1. The maximum absolute atomic E-state index is 13.1. The summed E-state index contributed by atoms with van der Waals surface area (Å²) in [6, 6.07) is 12.1. The van der Waals surface area contributed by atoms with Crippen molar-refractivity contribution in [2.75, 3.05) is 6.61 Å². The fraction of sp³-hybridized carbons (Fsp3) is 0.250. The van der Waals surface area contributed by atoms with E-state index in [1.807, 2.05) is 0 Å². The lowest BCUT2D eigenvalue weighted by molar-refractivity contribution is -0.139. The lowest BCUT2D eigenvalue weighted by Crippen LogP contribution is -2.38. The van der Waals surface area contributed by atoms with Crippen molar-refractivity contribution in [3.63, 3.8) is 0 Å². The number of thioether (sulfide) groups is 1. The Morgan fingerprint density at radius 1 is 1.24 bits per heavy atom. The summed E-state index contributed by atoms with van der Waals surface area (Å²) in [5.74, 6) is -1.03. The maximum atomic E-state index is 13.1. The molecule has 0 saturated carbocycles. The van der Waals surface area contributed by atoms with Gasteiger partial charge in [-0.15, -0.1) is 0 Å². The molecule has 1 atom stereocenters. The predicted molar refractivity (Wildman–Crippen MR) is 114 cm³/mol. The smallest absolute Gasteiger partial charge is 0.341 e. The Morgan fingerprint density at radius 3 is 2.59 bits per heavy atom. The zero-order chi connectivity index (χ0) is 21.2. The molecule has 1 N–H and O–H groups in total. The number of aliphatic carboxylic acids is 1. The molecule has 1 unspecified atom stereocenters. The van der Waals surface area contributed by atoms with Crippen LogP contribution < -0.4 is 4.74 Å². The largest absolute Gasteiger partial charge is 0.482 e. The van der Waals surface area contributed by atoms with Gasteiger partial charge < -0.3 is 9.84 Å². The Balaban J connectivity index is 1.81. The van der Waals surface area contributed by atoms with Crippen molar-refractivity contribution in [1.29, 1.82) is 0 Å². The summed E-state index contributed by atoms with van der Waals surface area (Å²) in [5.41, 5.74) is 1.44. The van der Waals surface area contributed by atoms with E-state index in [1.165, 1.54) is 4.90 Å². The van der Waals surface area contributed by atoms with E-state index in [0.29, 0.717) is 16.3 Å². The van der Waals surface area contributed by atoms with Crippen LogP contribution in [0.5, 0.6) is 5.75 Å². The summed E-state index contributed by atoms with van der Waals surface area (Å²) in [5, 5.41) is 9.13. The Bertz CT molecular complexity index is 968. The number of amides is 2. The molecule has 0 spiro atoms. The molecule has 2 aromatic rings. The Labute approximate surface area is 185 Å². The van der Waals surface area contributed by atoms with Crippen LogP contribution in [0.3, 0.4) is 0 Å². The van der Waals surface area contributed by atoms with Gasteiger partial charge in [-0.3, -0.25) is 14.5 Å². The number of rotatable bonds is 7. The van der Waals surface area contributed by atoms with Crippen LogP contribution in [-0.4, -0.2) is 38.5 Å². The van der Waals surface area contributed by atoms with E-state index in [0.717, 1.165) is 21.8 Å². The molecule has 2 amide bonds. The average molecular weight is 499 g/mol. The number of carboxylic acids is 1. The fourth-order valence-corrected chi connectivity index (χ4v) is 4.61. The summed E-state index contributed by atoms with van der Waals surface area (Å²) in [6.45, 7) is 1.38. The van der Waals surface area contributed by atoms with Crippen molar-refractivity contribution < 1.29 is 24.2 Å². The Kier molecular flexibility index (Phi) is 6.55. The van der Waals surface area contributed by atoms with Gasteiger partial charge in [0.1, 0.15) is 10.5 Å². The first-order valence-corrected chi connectivity index (χ1v) is 10.6. The number of ether oxygens (including phenoxy) is 1. The molecule has 152 valence electrons. The number of benzene rings is 2. The van der Waals surface area contributed by atoms with E-state index >= 15 is 0 Å². The highest BCUT2D eigenvalue weighted by atomic mass is 79.9. The second-order valence-corrected chi connectivity index (χ2v) is 9.53. The molecule has 29 heavy (non-hydrogen) atoms. The lowest BCUT2D eigenvalue weighted by Gasteiger charge is -2.22. The predicted octanol–water partition coefficient (Wildman–Crippen LogP) is 4.76. The third-order valence-electron chi connectivity index (χ3n) is 4.39. The molecule has 0 bridgehead atoms. The molecule has 1 aliphatic rings. The van der Waals surface area contributed by atoms with Gasteiger partial charge in [0.25, 0.3) is 5.24 Å². The molecule has 9 heteroatoms. The van der Waals surface area contributed by atoms with E-state index < -0.39 is 17.3 Å². The van der Waals surface area contributed by atoms with Crippen molar-refractivity contribution in [2.45, 2.75) is 24.6 Å². The minimum absolute atomic E-state index is 0.165. The molecular formula is C20H17BrClNO5S. The molecule has 0 radical (unpaired) electrons. The first-order valence-electron chi connectivity index (χ1n) is 8.60. The summed E-state index contributed by atoms with van der Waals surface area (Å²) in [4.78, 5) is 37.7. The van der Waals surface area contributed by atoms with Gasteiger partial charge in [-0.05, 0) is 66.6 Å². The van der Waals surface area contributed by atoms with Gasteiger partial charge in [0.05, 0.1) is 6.54 Å². The lowest BCUT2D eigenvalue weighted by atomic mass is 9.98. The van der Waals surface area contributed by atoms with E-state index in [-0.39, 0.29) is 24.1 Å². The van der Waals surface area contributed by atoms with Gasteiger partial charge >= 0.3 is 5.97 Å². The van der Waals surface area contributed by atoms with Crippen LogP contribution in [0.4, 0.5) is 4.79 Å². The number of imide groups is 1. The number of carbonyl (C=O) groups excluding carboxylic acids is 2. The van der Waals surface area contributed by atoms with Crippen molar-refractivity contribution in [1.82, 2.24) is 4.90 Å². The third kappa shape index (κ3) is 5.12. The monoisotopic (exact) mass is 497 g/mol. The van der Waals surface area contributed by atoms with Crippen molar-refractivity contribution in [3.05, 3.63) is 63.1 Å². The second kappa shape index (κ2) is 8.77. The van der Waals surface area contributed by atoms with E-state index in [9.17, 15) is 14.4 Å². The Morgan fingerprint density at radius 2 is 1.93 bits per heavy atom. The molecule has 6 nitrogen and oxygen atoms in total. The minimum atomic E-state index is -1.10. The summed E-state index contributed by atoms with van der Waals surface area (Å²) in [7, 11) is 0. The maximum Gasteiger partial charge on any atom is 0.341 e. The van der Waals surface area contributed by atoms with Gasteiger partial charge in [-0.2, -0.15) is 0 Å². The molecule has 2 aromatic carbocycles. The number of hydrogen-bond donors (Lipinski definition) is 1. The van der Waals surface area contributed by atoms with Crippen LogP contribution in [0.15, 0.2) is 46.9 Å². The normalized spacial score (nSPS) is 18.9. The van der Waals surface area contributed by atoms with Gasteiger partial charge in [0.15, 0.2) is 6.61 Å². The molecule has 1 fully saturated rings. The van der Waals surface area contributed by atoms with Crippen LogP contribution in [-0.2, 0) is 22.6 Å². The number of carbonyl (C=O) groups is 3. The van der Waals surface area contributed by atoms with Crippen LogP contribution in [0, 0.1) is 0 Å². The fourth-order valence-electron chi connectivity index (χ4n) is 3.01. The molecule has 0 aromatic heterocycles. The summed E-state index contributed by atoms with van der Waals surface area (Å²) >= 11 is 10.2. The minimum Gasteiger partial charge on any atom is -0.482 e. The Hall–Kier alpha value is -2.03. The van der Waals surface area contributed by atoms with Crippen LogP contribution in [0.1, 0.15) is 18.1 Å². The molecule has 3 rings (SSSR count). The van der Waals surface area contributed by atoms with Gasteiger partial charge in [-0.25, -0.2) is 4.79 Å². The van der Waals surface area contributed by atoms with Crippen LogP contribution >= 0.6 is 39.3 Å². The number of halogens is 2. The first kappa shape index (κ1) is 21.7. The van der Waals surface area contributed by atoms with Crippen LogP contribution in [0.2, 0.25) is 5.02 Å². The zero-order valence-electron chi connectivity index (χ0n) is 15.4. The highest BCUT2D eigenvalue weighted by molar-refractivity contribution is 9.10. The van der Waals surface area contributed by atoms with Crippen LogP contribution in [0.25, 0.3) is 0 Å². The van der Waals surface area contributed by atoms with Crippen molar-refractivity contribution in [2.24, 2.45) is 0 Å². The second-order valence-electron chi connectivity index (χ2n) is 6.73. The standard InChI is InChI=1S/C20H17BrClNO5S/c1-20(9-13-8-14(21)4-7-16(13)28-11-17(24)25)18(26)23(19(27)29-20)10-12-2-5-15(22)6-3-12/h2-8H,9-11H2,1H3,(H,24,25). The van der Waals surface area contributed by atoms with Gasteiger partial charge in [-0.1, -0.05) is 39.7 Å². The van der Waals surface area contributed by atoms with E-state index in [1.54, 1.807) is 49.4 Å². The van der Waals surface area contributed by atoms with E-state index in [2.05, 4.69) is 15.9 Å². The SMILES string of the molecule is CC1(Cc2cc(Br)ccc2OCC(=O)O)SC(=O)N(Cc2ccc(Cl)cc2)C1=O. The van der Waals surface area contributed by atoms with E-state index in [4.69, 9.17) is 21.4 Å². The third-order valence-corrected chi connectivity index (χ3v) is 6.30. The summed E-state index contributed by atoms with van der Waals surface area (Å²) in [6.07, 6.45) is 0.216. The molecular weight excluding hydrogens is 482 g/mol. The number of hydrogen-bond acceptors (Lipinski definition) is 5.